The average Bonchev–Trinajstić information content (AvgIpc) is 2.45. The summed E-state index contributed by atoms with van der Waals surface area (Å²) < 4.78 is 0. The molecule has 3 N–H and O–H groups in total. The van der Waals surface area contributed by atoms with Crippen molar-refractivity contribution in [2.24, 2.45) is 0 Å². The maximum absolute atomic E-state index is 8.69. The molecule has 0 aliphatic rings. The lowest BCUT2D eigenvalue weighted by atomic mass is 10.4. The first-order valence-electron chi connectivity index (χ1n) is 4.31. The first kappa shape index (κ1) is 10.8. The zero-order valence-corrected chi connectivity index (χ0v) is 9.19. The molecule has 0 radical (unpaired) electrons. The fourth-order valence-electron chi connectivity index (χ4n) is 0.982. The Balaban J connectivity index is 2.48. The molecule has 0 amide bonds. The van der Waals surface area contributed by atoms with Crippen molar-refractivity contribution in [3.8, 4) is 6.07 Å². The molecule has 0 saturated heterocycles. The number of hydrogen-bond acceptors (Lipinski definition) is 5. The standard InChI is InChI=1S/C9H14N4S/c1-13(2)4-3-12-9-5-7(11)8(6-10)14-9/h5,12H,3-4,11H2,1-2H3. The second-order valence-electron chi connectivity index (χ2n) is 3.24. The normalized spacial score (nSPS) is 10.1. The topological polar surface area (TPSA) is 65.1 Å². The first-order valence-corrected chi connectivity index (χ1v) is 5.13. The summed E-state index contributed by atoms with van der Waals surface area (Å²) in [6.07, 6.45) is 0. The second-order valence-corrected chi connectivity index (χ2v) is 4.29. The summed E-state index contributed by atoms with van der Waals surface area (Å²) in [4.78, 5) is 2.67. The highest BCUT2D eigenvalue weighted by Gasteiger charge is 2.04. The molecule has 0 unspecified atom stereocenters. The van der Waals surface area contributed by atoms with Gasteiger partial charge in [-0.1, -0.05) is 0 Å². The second kappa shape index (κ2) is 4.84. The van der Waals surface area contributed by atoms with E-state index in [1.807, 2.05) is 14.1 Å². The molecular formula is C9H14N4S. The van der Waals surface area contributed by atoms with Gasteiger partial charge in [0.2, 0.25) is 0 Å². The van der Waals surface area contributed by atoms with Gasteiger partial charge in [-0.3, -0.25) is 0 Å². The van der Waals surface area contributed by atoms with E-state index in [2.05, 4.69) is 16.3 Å². The molecule has 0 bridgehead atoms. The van der Waals surface area contributed by atoms with E-state index in [0.717, 1.165) is 18.1 Å². The number of nitrogens with two attached hydrogens (primary N) is 1. The average molecular weight is 210 g/mol. The summed E-state index contributed by atoms with van der Waals surface area (Å²) in [5.41, 5.74) is 6.18. The van der Waals surface area contributed by atoms with Crippen molar-refractivity contribution >= 4 is 22.0 Å². The third kappa shape index (κ3) is 2.91. The largest absolute Gasteiger partial charge is 0.397 e. The number of nitrogens with zero attached hydrogens (tertiary/aromatic N) is 2. The van der Waals surface area contributed by atoms with E-state index >= 15 is 0 Å². The first-order chi connectivity index (χ1) is 6.63. The van der Waals surface area contributed by atoms with Gasteiger partial charge in [0.1, 0.15) is 10.9 Å². The van der Waals surface area contributed by atoms with Gasteiger partial charge in [-0.2, -0.15) is 5.26 Å². The Morgan fingerprint density at radius 3 is 2.86 bits per heavy atom. The van der Waals surface area contributed by atoms with Crippen LogP contribution in [0.25, 0.3) is 0 Å². The Labute approximate surface area is 87.9 Å². The highest BCUT2D eigenvalue weighted by Crippen LogP contribution is 2.27. The lowest BCUT2D eigenvalue weighted by molar-refractivity contribution is 0.425. The molecule has 0 spiro atoms. The predicted molar refractivity (Wildman–Crippen MR) is 60.5 cm³/mol. The predicted octanol–water partition coefficient (Wildman–Crippen LogP) is 1.18. The van der Waals surface area contributed by atoms with Gasteiger partial charge in [-0.25, -0.2) is 0 Å². The molecule has 14 heavy (non-hydrogen) atoms. The molecule has 4 nitrogen and oxygen atoms in total. The van der Waals surface area contributed by atoms with Crippen LogP contribution in [0.4, 0.5) is 10.7 Å². The SMILES string of the molecule is CN(C)CCNc1cc(N)c(C#N)s1. The number of nitrogens with one attached hydrogen (secondary N) is 1. The Kier molecular flexibility index (Phi) is 3.74. The van der Waals surface area contributed by atoms with Crippen LogP contribution in [-0.2, 0) is 0 Å². The molecule has 0 atom stereocenters. The molecule has 76 valence electrons. The van der Waals surface area contributed by atoms with Crippen LogP contribution in [0.15, 0.2) is 6.07 Å². The molecule has 5 heteroatoms. The highest BCUT2D eigenvalue weighted by atomic mass is 32.1. The molecule has 0 aliphatic heterocycles. The van der Waals surface area contributed by atoms with Crippen molar-refractivity contribution in [3.63, 3.8) is 0 Å². The smallest absolute Gasteiger partial charge is 0.129 e. The quantitative estimate of drug-likeness (QED) is 0.783. The molecule has 1 aromatic heterocycles. The number of hydrogen-bond donors (Lipinski definition) is 2. The van der Waals surface area contributed by atoms with E-state index in [1.165, 1.54) is 11.3 Å². The van der Waals surface area contributed by atoms with Crippen LogP contribution in [0.3, 0.4) is 0 Å². The maximum atomic E-state index is 8.69. The van der Waals surface area contributed by atoms with Crippen LogP contribution in [0.5, 0.6) is 0 Å². The van der Waals surface area contributed by atoms with Crippen molar-refractivity contribution in [3.05, 3.63) is 10.9 Å². The summed E-state index contributed by atoms with van der Waals surface area (Å²) >= 11 is 1.40. The van der Waals surface area contributed by atoms with E-state index in [-0.39, 0.29) is 0 Å². The van der Waals surface area contributed by atoms with Crippen molar-refractivity contribution in [2.45, 2.75) is 0 Å². The van der Waals surface area contributed by atoms with Crippen LogP contribution < -0.4 is 11.1 Å². The van der Waals surface area contributed by atoms with E-state index in [4.69, 9.17) is 11.0 Å². The monoisotopic (exact) mass is 210 g/mol. The van der Waals surface area contributed by atoms with Gasteiger partial charge >= 0.3 is 0 Å². The molecule has 1 aromatic rings. The molecule has 0 saturated carbocycles. The van der Waals surface area contributed by atoms with Crippen molar-refractivity contribution in [1.82, 2.24) is 4.90 Å². The summed E-state index contributed by atoms with van der Waals surface area (Å²) in [5, 5.41) is 12.9. The molecule has 0 aliphatic carbocycles. The van der Waals surface area contributed by atoms with Gasteiger partial charge in [0.05, 0.1) is 10.7 Å². The Morgan fingerprint density at radius 1 is 1.64 bits per heavy atom. The fraction of sp³-hybridized carbons (Fsp3) is 0.444. The molecule has 0 fully saturated rings. The third-order valence-electron chi connectivity index (χ3n) is 1.72. The number of thiophene rings is 1. The summed E-state index contributed by atoms with van der Waals surface area (Å²) in [6, 6.07) is 3.86. The van der Waals surface area contributed by atoms with Gasteiger partial charge in [-0.15, -0.1) is 11.3 Å². The van der Waals surface area contributed by atoms with E-state index in [0.29, 0.717) is 10.6 Å². The van der Waals surface area contributed by atoms with E-state index < -0.39 is 0 Å². The van der Waals surface area contributed by atoms with E-state index in [9.17, 15) is 0 Å². The lowest BCUT2D eigenvalue weighted by Gasteiger charge is -2.09. The van der Waals surface area contributed by atoms with Crippen LogP contribution in [-0.4, -0.2) is 32.1 Å². The minimum atomic E-state index is 0.560. The Bertz CT molecular complexity index is 337. The van der Waals surface area contributed by atoms with Gasteiger partial charge in [0.25, 0.3) is 0 Å². The van der Waals surface area contributed by atoms with Gasteiger partial charge < -0.3 is 16.0 Å². The van der Waals surface area contributed by atoms with Crippen LogP contribution >= 0.6 is 11.3 Å². The fourth-order valence-corrected chi connectivity index (χ4v) is 1.78. The zero-order valence-electron chi connectivity index (χ0n) is 8.37. The Hall–Kier alpha value is -1.25. The molecule has 1 rings (SSSR count). The van der Waals surface area contributed by atoms with E-state index in [1.54, 1.807) is 6.07 Å². The van der Waals surface area contributed by atoms with Crippen LogP contribution in [0.2, 0.25) is 0 Å². The number of nitrogen functional groups attached to an aromatic ring is 1. The molecule has 0 aromatic carbocycles. The number of likely N-dealkylation sites (N-methyl/N-ethyl adjacent to an activating group) is 1. The van der Waals surface area contributed by atoms with Crippen molar-refractivity contribution in [1.29, 1.82) is 5.26 Å². The van der Waals surface area contributed by atoms with Crippen LogP contribution in [0, 0.1) is 11.3 Å². The zero-order chi connectivity index (χ0) is 10.6. The van der Waals surface area contributed by atoms with Crippen molar-refractivity contribution in [2.75, 3.05) is 38.2 Å². The molecule has 1 heterocycles. The van der Waals surface area contributed by atoms with Gasteiger partial charge in [-0.05, 0) is 20.2 Å². The molecular weight excluding hydrogens is 196 g/mol. The van der Waals surface area contributed by atoms with Gasteiger partial charge in [0, 0.05) is 13.1 Å². The van der Waals surface area contributed by atoms with Gasteiger partial charge in [0.15, 0.2) is 0 Å². The minimum absolute atomic E-state index is 0.560. The van der Waals surface area contributed by atoms with Crippen molar-refractivity contribution < 1.29 is 0 Å². The lowest BCUT2D eigenvalue weighted by Crippen LogP contribution is -2.20. The van der Waals surface area contributed by atoms with Crippen LogP contribution in [0.1, 0.15) is 4.88 Å². The summed E-state index contributed by atoms with van der Waals surface area (Å²) in [6.45, 7) is 1.82. The maximum Gasteiger partial charge on any atom is 0.129 e. The number of nitriles is 1. The number of rotatable bonds is 4. The highest BCUT2D eigenvalue weighted by molar-refractivity contribution is 7.17. The summed E-state index contributed by atoms with van der Waals surface area (Å²) in [7, 11) is 4.04. The number of anilines is 2. The Morgan fingerprint density at radius 2 is 2.36 bits per heavy atom. The summed E-state index contributed by atoms with van der Waals surface area (Å²) in [5.74, 6) is 0. The third-order valence-corrected chi connectivity index (χ3v) is 2.73. The minimum Gasteiger partial charge on any atom is -0.397 e.